The van der Waals surface area contributed by atoms with Gasteiger partial charge in [0.25, 0.3) is 0 Å². The summed E-state index contributed by atoms with van der Waals surface area (Å²) in [4.78, 5) is 11.9. The molecule has 0 spiro atoms. The topological polar surface area (TPSA) is 58.6 Å². The van der Waals surface area contributed by atoms with Gasteiger partial charge in [0, 0.05) is 12.5 Å². The summed E-state index contributed by atoms with van der Waals surface area (Å²) in [6.45, 7) is 0. The third kappa shape index (κ3) is 4.81. The van der Waals surface area contributed by atoms with Crippen molar-refractivity contribution in [2.45, 2.75) is 25.7 Å². The maximum atomic E-state index is 11.9. The number of unbranched alkanes of at least 4 members (excludes halogenated alkanes) is 1. The maximum Gasteiger partial charge on any atom is 0.224 e. The molecule has 0 aliphatic rings. The number of hydrogen-bond donors (Lipinski definition) is 2. The lowest BCUT2D eigenvalue weighted by molar-refractivity contribution is -0.116. The number of phenolic OH excluding ortho intramolecular Hbond substituents is 1. The predicted molar refractivity (Wildman–Crippen MR) is 87.3 cm³/mol. The van der Waals surface area contributed by atoms with Crippen molar-refractivity contribution in [2.75, 3.05) is 12.4 Å². The van der Waals surface area contributed by atoms with Crippen molar-refractivity contribution in [3.8, 4) is 11.5 Å². The van der Waals surface area contributed by atoms with Crippen LogP contribution in [-0.2, 0) is 11.2 Å². The Hall–Kier alpha value is -2.49. The number of amides is 1. The Morgan fingerprint density at radius 2 is 1.91 bits per heavy atom. The zero-order chi connectivity index (χ0) is 15.8. The van der Waals surface area contributed by atoms with Crippen LogP contribution in [0.15, 0.2) is 48.5 Å². The van der Waals surface area contributed by atoms with Gasteiger partial charge >= 0.3 is 0 Å². The largest absolute Gasteiger partial charge is 0.506 e. The Morgan fingerprint density at radius 1 is 1.14 bits per heavy atom. The van der Waals surface area contributed by atoms with E-state index in [1.54, 1.807) is 12.1 Å². The number of methoxy groups -OCH3 is 1. The van der Waals surface area contributed by atoms with E-state index in [0.717, 1.165) is 19.3 Å². The van der Waals surface area contributed by atoms with Gasteiger partial charge in [-0.2, -0.15) is 0 Å². The molecule has 0 aromatic heterocycles. The van der Waals surface area contributed by atoms with E-state index in [4.69, 9.17) is 4.74 Å². The third-order valence-corrected chi connectivity index (χ3v) is 3.44. The van der Waals surface area contributed by atoms with Gasteiger partial charge in [0.2, 0.25) is 5.91 Å². The van der Waals surface area contributed by atoms with E-state index in [1.165, 1.54) is 18.7 Å². The fourth-order valence-electron chi connectivity index (χ4n) is 2.22. The van der Waals surface area contributed by atoms with E-state index >= 15 is 0 Å². The second-order valence-corrected chi connectivity index (χ2v) is 5.12. The predicted octanol–water partition coefficient (Wildman–Crippen LogP) is 3.75. The molecule has 22 heavy (non-hydrogen) atoms. The van der Waals surface area contributed by atoms with Gasteiger partial charge < -0.3 is 15.2 Å². The molecule has 0 aliphatic carbocycles. The van der Waals surface area contributed by atoms with Crippen molar-refractivity contribution in [3.05, 3.63) is 54.1 Å². The average Bonchev–Trinajstić information content (AvgIpc) is 2.54. The van der Waals surface area contributed by atoms with Crippen LogP contribution in [0.5, 0.6) is 11.5 Å². The summed E-state index contributed by atoms with van der Waals surface area (Å²) in [6, 6.07) is 15.0. The molecule has 1 amide bonds. The first-order chi connectivity index (χ1) is 10.7. The number of carbonyl (C=O) groups is 1. The van der Waals surface area contributed by atoms with Crippen LogP contribution in [0, 0.1) is 0 Å². The van der Waals surface area contributed by atoms with Crippen LogP contribution in [0.2, 0.25) is 0 Å². The second-order valence-electron chi connectivity index (χ2n) is 5.12. The number of ether oxygens (including phenoxy) is 1. The summed E-state index contributed by atoms with van der Waals surface area (Å²) < 4.78 is 5.00. The number of anilines is 1. The first kappa shape index (κ1) is 15.9. The molecule has 0 heterocycles. The van der Waals surface area contributed by atoms with Crippen LogP contribution in [0.4, 0.5) is 5.69 Å². The van der Waals surface area contributed by atoms with E-state index < -0.39 is 0 Å². The molecular weight excluding hydrogens is 278 g/mol. The fraction of sp³-hybridized carbons (Fsp3) is 0.278. The Labute approximate surface area is 130 Å². The Bertz CT molecular complexity index is 611. The highest BCUT2D eigenvalue weighted by molar-refractivity contribution is 5.92. The smallest absolute Gasteiger partial charge is 0.224 e. The minimum Gasteiger partial charge on any atom is -0.506 e. The van der Waals surface area contributed by atoms with Crippen molar-refractivity contribution in [1.82, 2.24) is 0 Å². The van der Waals surface area contributed by atoms with Crippen molar-refractivity contribution in [3.63, 3.8) is 0 Å². The number of aromatic hydroxyl groups is 1. The van der Waals surface area contributed by atoms with Crippen LogP contribution < -0.4 is 10.1 Å². The van der Waals surface area contributed by atoms with Crippen molar-refractivity contribution < 1.29 is 14.6 Å². The number of aryl methyl sites for hydroxylation is 1. The fourth-order valence-corrected chi connectivity index (χ4v) is 2.22. The molecule has 0 atom stereocenters. The van der Waals surface area contributed by atoms with E-state index in [1.807, 2.05) is 18.2 Å². The quantitative estimate of drug-likeness (QED) is 0.604. The normalized spacial score (nSPS) is 10.2. The van der Waals surface area contributed by atoms with E-state index in [9.17, 15) is 9.90 Å². The SMILES string of the molecule is COc1ccc(NC(=O)CCCCc2ccccc2)c(O)c1. The molecule has 0 fully saturated rings. The zero-order valence-electron chi connectivity index (χ0n) is 12.7. The number of hydrogen-bond acceptors (Lipinski definition) is 3. The van der Waals surface area contributed by atoms with E-state index in [-0.39, 0.29) is 11.7 Å². The van der Waals surface area contributed by atoms with E-state index in [2.05, 4.69) is 17.4 Å². The number of rotatable bonds is 7. The molecule has 116 valence electrons. The lowest BCUT2D eigenvalue weighted by Gasteiger charge is -2.08. The molecule has 0 radical (unpaired) electrons. The van der Waals surface area contributed by atoms with Crippen LogP contribution in [0.3, 0.4) is 0 Å². The lowest BCUT2D eigenvalue weighted by Crippen LogP contribution is -2.11. The number of benzene rings is 2. The first-order valence-electron chi connectivity index (χ1n) is 7.40. The standard InChI is InChI=1S/C18H21NO3/c1-22-15-11-12-16(17(20)13-15)19-18(21)10-6-5-9-14-7-3-2-4-8-14/h2-4,7-8,11-13,20H,5-6,9-10H2,1H3,(H,19,21). The molecule has 4 heteroatoms. The number of carbonyl (C=O) groups excluding carboxylic acids is 1. The number of nitrogens with one attached hydrogen (secondary N) is 1. The summed E-state index contributed by atoms with van der Waals surface area (Å²) >= 11 is 0. The summed E-state index contributed by atoms with van der Waals surface area (Å²) in [6.07, 6.45) is 3.20. The minimum absolute atomic E-state index is 0.0111. The van der Waals surface area contributed by atoms with Gasteiger partial charge in [-0.15, -0.1) is 0 Å². The molecule has 0 saturated carbocycles. The summed E-state index contributed by atoms with van der Waals surface area (Å²) in [5, 5.41) is 12.5. The molecule has 0 unspecified atom stereocenters. The van der Waals surface area contributed by atoms with Gasteiger partial charge in [-0.3, -0.25) is 4.79 Å². The highest BCUT2D eigenvalue weighted by Crippen LogP contribution is 2.27. The Kier molecular flexibility index (Phi) is 5.83. The minimum atomic E-state index is -0.0893. The highest BCUT2D eigenvalue weighted by atomic mass is 16.5. The van der Waals surface area contributed by atoms with Crippen LogP contribution in [-0.4, -0.2) is 18.1 Å². The molecular formula is C18H21NO3. The first-order valence-corrected chi connectivity index (χ1v) is 7.40. The highest BCUT2D eigenvalue weighted by Gasteiger charge is 2.07. The number of phenols is 1. The summed E-state index contributed by atoms with van der Waals surface area (Å²) in [5.74, 6) is 0.476. The summed E-state index contributed by atoms with van der Waals surface area (Å²) in [7, 11) is 1.53. The molecule has 2 N–H and O–H groups in total. The summed E-state index contributed by atoms with van der Waals surface area (Å²) in [5.41, 5.74) is 1.70. The monoisotopic (exact) mass is 299 g/mol. The molecule has 2 aromatic carbocycles. The molecule has 0 bridgehead atoms. The van der Waals surface area contributed by atoms with Gasteiger partial charge in [-0.1, -0.05) is 30.3 Å². The van der Waals surface area contributed by atoms with Crippen LogP contribution in [0.1, 0.15) is 24.8 Å². The average molecular weight is 299 g/mol. The third-order valence-electron chi connectivity index (χ3n) is 3.44. The van der Waals surface area contributed by atoms with E-state index in [0.29, 0.717) is 17.9 Å². The van der Waals surface area contributed by atoms with Crippen molar-refractivity contribution in [2.24, 2.45) is 0 Å². The van der Waals surface area contributed by atoms with Gasteiger partial charge in [-0.05, 0) is 37.0 Å². The van der Waals surface area contributed by atoms with Gasteiger partial charge in [0.1, 0.15) is 11.5 Å². The molecule has 4 nitrogen and oxygen atoms in total. The van der Waals surface area contributed by atoms with Gasteiger partial charge in [-0.25, -0.2) is 0 Å². The molecule has 0 saturated heterocycles. The molecule has 2 rings (SSSR count). The second kappa shape index (κ2) is 8.08. The Morgan fingerprint density at radius 3 is 2.59 bits per heavy atom. The van der Waals surface area contributed by atoms with Crippen molar-refractivity contribution >= 4 is 11.6 Å². The van der Waals surface area contributed by atoms with Crippen LogP contribution in [0.25, 0.3) is 0 Å². The maximum absolute atomic E-state index is 11.9. The molecule has 2 aromatic rings. The molecule has 0 aliphatic heterocycles. The Balaban J connectivity index is 1.74. The lowest BCUT2D eigenvalue weighted by atomic mass is 10.1. The zero-order valence-corrected chi connectivity index (χ0v) is 12.7. The van der Waals surface area contributed by atoms with Gasteiger partial charge in [0.15, 0.2) is 0 Å². The van der Waals surface area contributed by atoms with Gasteiger partial charge in [0.05, 0.1) is 12.8 Å². The van der Waals surface area contributed by atoms with Crippen molar-refractivity contribution in [1.29, 1.82) is 0 Å². The van der Waals surface area contributed by atoms with Crippen LogP contribution >= 0.6 is 0 Å².